The molecular formula is C14H21NO. The van der Waals surface area contributed by atoms with Crippen LogP contribution in [0.5, 0.6) is 0 Å². The molecule has 0 heterocycles. The van der Waals surface area contributed by atoms with E-state index in [1.165, 1.54) is 5.56 Å². The second-order valence-electron chi connectivity index (χ2n) is 5.09. The van der Waals surface area contributed by atoms with E-state index in [2.05, 4.69) is 45.0 Å². The summed E-state index contributed by atoms with van der Waals surface area (Å²) in [6, 6.07) is 10.1. The van der Waals surface area contributed by atoms with Gasteiger partial charge in [-0.1, -0.05) is 63.2 Å². The normalized spacial score (nSPS) is 13.2. The summed E-state index contributed by atoms with van der Waals surface area (Å²) in [5.74, 6) is 0.446. The van der Waals surface area contributed by atoms with Crippen LogP contribution in [-0.4, -0.2) is 10.9 Å². The maximum absolute atomic E-state index is 9.16. The third-order valence-corrected chi connectivity index (χ3v) is 3.52. The molecule has 1 aromatic rings. The summed E-state index contributed by atoms with van der Waals surface area (Å²) < 4.78 is 0. The van der Waals surface area contributed by atoms with E-state index in [1.807, 2.05) is 18.2 Å². The lowest BCUT2D eigenvalue weighted by atomic mass is 9.75. The Labute approximate surface area is 98.0 Å². The van der Waals surface area contributed by atoms with E-state index in [-0.39, 0.29) is 5.41 Å². The molecule has 0 bridgehead atoms. The first-order valence-corrected chi connectivity index (χ1v) is 5.73. The van der Waals surface area contributed by atoms with Crippen molar-refractivity contribution in [1.29, 1.82) is 0 Å². The Morgan fingerprint density at radius 3 is 2.25 bits per heavy atom. The van der Waals surface area contributed by atoms with Crippen LogP contribution in [0.3, 0.4) is 0 Å². The van der Waals surface area contributed by atoms with Crippen molar-refractivity contribution < 1.29 is 5.21 Å². The summed E-state index contributed by atoms with van der Waals surface area (Å²) in [7, 11) is 0. The van der Waals surface area contributed by atoms with Crippen LogP contribution in [0.2, 0.25) is 0 Å². The average Bonchev–Trinajstić information content (AvgIpc) is 2.26. The summed E-state index contributed by atoms with van der Waals surface area (Å²) in [4.78, 5) is 0. The van der Waals surface area contributed by atoms with Crippen molar-refractivity contribution in [3.63, 3.8) is 0 Å². The molecule has 0 aliphatic heterocycles. The first-order valence-electron chi connectivity index (χ1n) is 5.73. The smallest absolute Gasteiger partial charge is 0.0673 e. The highest BCUT2D eigenvalue weighted by Crippen LogP contribution is 2.29. The number of hydrogen-bond donors (Lipinski definition) is 1. The highest BCUT2D eigenvalue weighted by Gasteiger charge is 2.29. The van der Waals surface area contributed by atoms with E-state index >= 15 is 0 Å². The third kappa shape index (κ3) is 2.84. The van der Waals surface area contributed by atoms with Crippen LogP contribution < -0.4 is 0 Å². The van der Waals surface area contributed by atoms with Crippen molar-refractivity contribution in [2.75, 3.05) is 0 Å². The van der Waals surface area contributed by atoms with Crippen LogP contribution in [0.25, 0.3) is 0 Å². The highest BCUT2D eigenvalue weighted by molar-refractivity contribution is 5.91. The molecule has 2 heteroatoms. The molecule has 1 N–H and O–H groups in total. The molecule has 0 aliphatic carbocycles. The van der Waals surface area contributed by atoms with Gasteiger partial charge in [0.05, 0.1) is 5.71 Å². The van der Waals surface area contributed by atoms with Gasteiger partial charge in [0.2, 0.25) is 0 Å². The van der Waals surface area contributed by atoms with Crippen LogP contribution in [0, 0.1) is 11.3 Å². The van der Waals surface area contributed by atoms with Gasteiger partial charge in [0, 0.05) is 11.8 Å². The average molecular weight is 219 g/mol. The Kier molecular flexibility index (Phi) is 4.11. The van der Waals surface area contributed by atoms with Gasteiger partial charge in [-0.05, 0) is 11.5 Å². The van der Waals surface area contributed by atoms with Gasteiger partial charge in [-0.2, -0.15) is 0 Å². The Balaban J connectivity index is 2.87. The summed E-state index contributed by atoms with van der Waals surface area (Å²) in [6.45, 7) is 8.54. The Morgan fingerprint density at radius 1 is 1.25 bits per heavy atom. The maximum atomic E-state index is 9.16. The SMILES string of the molecule is CC(C)C(C)(C)/C(Cc1ccccc1)=N/O. The fourth-order valence-electron chi connectivity index (χ4n) is 1.51. The number of oxime groups is 1. The molecule has 2 nitrogen and oxygen atoms in total. The first kappa shape index (κ1) is 12.8. The van der Waals surface area contributed by atoms with Crippen molar-refractivity contribution in [1.82, 2.24) is 0 Å². The van der Waals surface area contributed by atoms with Crippen LogP contribution >= 0.6 is 0 Å². The summed E-state index contributed by atoms with van der Waals surface area (Å²) in [6.07, 6.45) is 0.711. The van der Waals surface area contributed by atoms with Crippen LogP contribution in [0.15, 0.2) is 35.5 Å². The van der Waals surface area contributed by atoms with Crippen LogP contribution in [0.1, 0.15) is 33.3 Å². The zero-order chi connectivity index (χ0) is 12.2. The second kappa shape index (κ2) is 5.15. The molecule has 0 amide bonds. The van der Waals surface area contributed by atoms with Crippen LogP contribution in [-0.2, 0) is 6.42 Å². The Morgan fingerprint density at radius 2 is 1.81 bits per heavy atom. The second-order valence-corrected chi connectivity index (χ2v) is 5.09. The first-order chi connectivity index (χ1) is 7.48. The van der Waals surface area contributed by atoms with Gasteiger partial charge in [-0.3, -0.25) is 0 Å². The van der Waals surface area contributed by atoms with E-state index in [0.29, 0.717) is 12.3 Å². The number of hydrogen-bond acceptors (Lipinski definition) is 2. The van der Waals surface area contributed by atoms with E-state index in [9.17, 15) is 0 Å². The lowest BCUT2D eigenvalue weighted by molar-refractivity contribution is 0.290. The number of rotatable bonds is 4. The van der Waals surface area contributed by atoms with Gasteiger partial charge in [0.15, 0.2) is 0 Å². The highest BCUT2D eigenvalue weighted by atomic mass is 16.4. The molecule has 0 aliphatic rings. The number of nitrogens with zero attached hydrogens (tertiary/aromatic N) is 1. The molecule has 0 radical (unpaired) electrons. The van der Waals surface area contributed by atoms with Crippen molar-refractivity contribution in [3.05, 3.63) is 35.9 Å². The zero-order valence-electron chi connectivity index (χ0n) is 10.6. The molecule has 0 saturated heterocycles. The zero-order valence-corrected chi connectivity index (χ0v) is 10.6. The fraction of sp³-hybridized carbons (Fsp3) is 0.500. The molecule has 0 atom stereocenters. The van der Waals surface area contributed by atoms with Crippen molar-refractivity contribution in [3.8, 4) is 0 Å². The largest absolute Gasteiger partial charge is 0.411 e. The van der Waals surface area contributed by atoms with Crippen molar-refractivity contribution in [2.45, 2.75) is 34.1 Å². The molecule has 0 spiro atoms. The topological polar surface area (TPSA) is 32.6 Å². The van der Waals surface area contributed by atoms with Gasteiger partial charge in [0.1, 0.15) is 0 Å². The molecule has 0 unspecified atom stereocenters. The molecule has 0 saturated carbocycles. The van der Waals surface area contributed by atoms with Gasteiger partial charge in [-0.15, -0.1) is 0 Å². The third-order valence-electron chi connectivity index (χ3n) is 3.52. The minimum atomic E-state index is -0.0788. The fourth-order valence-corrected chi connectivity index (χ4v) is 1.51. The standard InChI is InChI=1S/C14H21NO/c1-11(2)14(3,4)13(15-16)10-12-8-6-5-7-9-12/h5-9,11,16H,10H2,1-4H3/b15-13+. The molecule has 0 aromatic heterocycles. The molecule has 16 heavy (non-hydrogen) atoms. The molecular weight excluding hydrogens is 198 g/mol. The predicted octanol–water partition coefficient (Wildman–Crippen LogP) is 3.74. The van der Waals surface area contributed by atoms with E-state index in [0.717, 1.165) is 5.71 Å². The van der Waals surface area contributed by atoms with E-state index in [4.69, 9.17) is 5.21 Å². The lowest BCUT2D eigenvalue weighted by Crippen LogP contribution is -2.31. The number of benzene rings is 1. The minimum Gasteiger partial charge on any atom is -0.411 e. The lowest BCUT2D eigenvalue weighted by Gasteiger charge is -2.30. The van der Waals surface area contributed by atoms with Crippen molar-refractivity contribution >= 4 is 5.71 Å². The predicted molar refractivity (Wildman–Crippen MR) is 68.0 cm³/mol. The van der Waals surface area contributed by atoms with Crippen LogP contribution in [0.4, 0.5) is 0 Å². The van der Waals surface area contributed by atoms with E-state index in [1.54, 1.807) is 0 Å². The van der Waals surface area contributed by atoms with Gasteiger partial charge >= 0.3 is 0 Å². The van der Waals surface area contributed by atoms with Crippen molar-refractivity contribution in [2.24, 2.45) is 16.5 Å². The van der Waals surface area contributed by atoms with Gasteiger partial charge in [0.25, 0.3) is 0 Å². The summed E-state index contributed by atoms with van der Waals surface area (Å²) in [5.41, 5.74) is 1.95. The summed E-state index contributed by atoms with van der Waals surface area (Å²) in [5, 5.41) is 12.7. The maximum Gasteiger partial charge on any atom is 0.0673 e. The summed E-state index contributed by atoms with van der Waals surface area (Å²) >= 11 is 0. The molecule has 88 valence electrons. The van der Waals surface area contributed by atoms with Gasteiger partial charge in [-0.25, -0.2) is 0 Å². The Bertz CT molecular complexity index is 352. The Hall–Kier alpha value is -1.31. The van der Waals surface area contributed by atoms with Gasteiger partial charge < -0.3 is 5.21 Å². The quantitative estimate of drug-likeness (QED) is 0.467. The minimum absolute atomic E-state index is 0.0788. The molecule has 0 fully saturated rings. The molecule has 1 aromatic carbocycles. The van der Waals surface area contributed by atoms with E-state index < -0.39 is 0 Å². The molecule has 1 rings (SSSR count). The monoisotopic (exact) mass is 219 g/mol.